The van der Waals surface area contributed by atoms with Crippen LogP contribution in [0.4, 0.5) is 4.39 Å². The number of halogens is 1. The summed E-state index contributed by atoms with van der Waals surface area (Å²) >= 11 is 0. The van der Waals surface area contributed by atoms with Gasteiger partial charge < -0.3 is 4.74 Å². The maximum atomic E-state index is 14.2. The maximum Gasteiger partial charge on any atom is 0.339 e. The molecule has 164 valence electrons. The first-order chi connectivity index (χ1) is 16.1. The topological polar surface area (TPSA) is 80.8 Å². The van der Waals surface area contributed by atoms with E-state index in [1.54, 1.807) is 42.9 Å². The number of rotatable bonds is 3. The molecule has 0 amide bonds. The molecule has 0 atom stereocenters. The summed E-state index contributed by atoms with van der Waals surface area (Å²) < 4.78 is 20.0. The average Bonchev–Trinajstić information content (AvgIpc) is 3.44. The van der Waals surface area contributed by atoms with E-state index in [1.807, 2.05) is 12.1 Å². The predicted octanol–water partition coefficient (Wildman–Crippen LogP) is 5.40. The number of hydrogen-bond donors (Lipinski definition) is 1. The fourth-order valence-electron chi connectivity index (χ4n) is 5.09. The van der Waals surface area contributed by atoms with Crippen LogP contribution in [0.25, 0.3) is 22.5 Å². The maximum absolute atomic E-state index is 14.2. The smallest absolute Gasteiger partial charge is 0.339 e. The first-order valence-electron chi connectivity index (χ1n) is 11.1. The lowest BCUT2D eigenvalue weighted by atomic mass is 9.74. The van der Waals surface area contributed by atoms with Crippen molar-refractivity contribution in [2.75, 3.05) is 0 Å². The molecule has 1 aliphatic heterocycles. The minimum Gasteiger partial charge on any atom is -0.450 e. The van der Waals surface area contributed by atoms with Crippen LogP contribution in [0.15, 0.2) is 67.1 Å². The van der Waals surface area contributed by atoms with Crippen LogP contribution in [-0.4, -0.2) is 26.1 Å². The number of pyridine rings is 2. The second kappa shape index (κ2) is 7.62. The lowest BCUT2D eigenvalue weighted by Gasteiger charge is -2.35. The largest absolute Gasteiger partial charge is 0.450 e. The van der Waals surface area contributed by atoms with Crippen LogP contribution >= 0.6 is 0 Å². The highest BCUT2D eigenvalue weighted by atomic mass is 19.1. The van der Waals surface area contributed by atoms with Crippen molar-refractivity contribution in [1.29, 1.82) is 0 Å². The van der Waals surface area contributed by atoms with Crippen LogP contribution in [0.5, 0.6) is 0 Å². The molecule has 0 unspecified atom stereocenters. The van der Waals surface area contributed by atoms with Gasteiger partial charge in [-0.2, -0.15) is 5.10 Å². The Labute approximate surface area is 189 Å². The van der Waals surface area contributed by atoms with Gasteiger partial charge >= 0.3 is 5.97 Å². The van der Waals surface area contributed by atoms with E-state index in [4.69, 9.17) is 4.74 Å². The number of aromatic nitrogens is 4. The Kier molecular flexibility index (Phi) is 4.57. The zero-order valence-corrected chi connectivity index (χ0v) is 17.8. The van der Waals surface area contributed by atoms with Gasteiger partial charge in [0.2, 0.25) is 0 Å². The quantitative estimate of drug-likeness (QED) is 0.432. The van der Waals surface area contributed by atoms with E-state index in [2.05, 4.69) is 26.2 Å². The minimum atomic E-state index is -0.556. The van der Waals surface area contributed by atoms with Crippen molar-refractivity contribution in [3.05, 3.63) is 89.8 Å². The van der Waals surface area contributed by atoms with Crippen molar-refractivity contribution in [2.45, 2.75) is 37.2 Å². The molecular formula is C26H21FN4O2. The van der Waals surface area contributed by atoms with Gasteiger partial charge in [0.25, 0.3) is 0 Å². The molecule has 4 heterocycles. The van der Waals surface area contributed by atoms with Crippen molar-refractivity contribution in [1.82, 2.24) is 20.2 Å². The van der Waals surface area contributed by atoms with Gasteiger partial charge in [-0.3, -0.25) is 15.1 Å². The van der Waals surface area contributed by atoms with E-state index < -0.39 is 5.60 Å². The lowest BCUT2D eigenvalue weighted by Crippen LogP contribution is -2.31. The molecule has 7 heteroatoms. The Bertz CT molecular complexity index is 1360. The van der Waals surface area contributed by atoms with Gasteiger partial charge in [0, 0.05) is 46.9 Å². The van der Waals surface area contributed by atoms with Crippen LogP contribution in [0.2, 0.25) is 0 Å². The monoisotopic (exact) mass is 440 g/mol. The molecule has 1 spiro atoms. The second-order valence-electron chi connectivity index (χ2n) is 8.70. The van der Waals surface area contributed by atoms with E-state index >= 15 is 0 Å². The molecule has 6 rings (SSSR count). The highest BCUT2D eigenvalue weighted by molar-refractivity contribution is 5.94. The lowest BCUT2D eigenvalue weighted by molar-refractivity contribution is -0.0312. The Morgan fingerprint density at radius 1 is 1.00 bits per heavy atom. The third kappa shape index (κ3) is 3.31. The molecule has 1 aromatic carbocycles. The third-order valence-electron chi connectivity index (χ3n) is 6.86. The number of ether oxygens (including phenoxy) is 1. The Morgan fingerprint density at radius 2 is 1.85 bits per heavy atom. The molecule has 3 aromatic heterocycles. The second-order valence-corrected chi connectivity index (χ2v) is 8.70. The predicted molar refractivity (Wildman–Crippen MR) is 120 cm³/mol. The Morgan fingerprint density at radius 3 is 2.70 bits per heavy atom. The number of H-pyrrole nitrogens is 1. The number of esters is 1. The van der Waals surface area contributed by atoms with E-state index in [0.29, 0.717) is 22.7 Å². The van der Waals surface area contributed by atoms with E-state index in [1.165, 1.54) is 6.07 Å². The molecule has 1 fully saturated rings. The van der Waals surface area contributed by atoms with Crippen LogP contribution in [0.3, 0.4) is 0 Å². The van der Waals surface area contributed by atoms with Crippen LogP contribution in [-0.2, 0) is 10.3 Å². The first-order valence-corrected chi connectivity index (χ1v) is 11.1. The minimum absolute atomic E-state index is 0.252. The molecule has 1 saturated carbocycles. The Hall–Kier alpha value is -3.87. The van der Waals surface area contributed by atoms with Crippen molar-refractivity contribution < 1.29 is 13.9 Å². The number of nitrogens with one attached hydrogen (secondary N) is 1. The van der Waals surface area contributed by atoms with Gasteiger partial charge in [0.1, 0.15) is 11.4 Å². The van der Waals surface area contributed by atoms with Gasteiger partial charge in [-0.1, -0.05) is 12.1 Å². The number of nitrogens with zero attached hydrogens (tertiary/aromatic N) is 3. The van der Waals surface area contributed by atoms with Gasteiger partial charge in [-0.15, -0.1) is 0 Å². The molecule has 4 aromatic rings. The number of hydrogen-bond acceptors (Lipinski definition) is 5. The number of carbonyl (C=O) groups is 1. The third-order valence-corrected chi connectivity index (χ3v) is 6.86. The van der Waals surface area contributed by atoms with Crippen LogP contribution in [0, 0.1) is 5.82 Å². The number of fused-ring (bicyclic) bond motifs is 2. The number of benzene rings is 1. The van der Waals surface area contributed by atoms with Crippen LogP contribution in [0.1, 0.15) is 53.2 Å². The zero-order valence-electron chi connectivity index (χ0n) is 17.8. The van der Waals surface area contributed by atoms with E-state index in [-0.39, 0.29) is 11.8 Å². The fourth-order valence-corrected chi connectivity index (χ4v) is 5.09. The molecule has 1 aliphatic carbocycles. The normalized spacial score (nSPS) is 21.7. The van der Waals surface area contributed by atoms with Crippen molar-refractivity contribution in [3.8, 4) is 22.5 Å². The molecule has 1 N–H and O–H groups in total. The van der Waals surface area contributed by atoms with Gasteiger partial charge in [-0.05, 0) is 62.1 Å². The van der Waals surface area contributed by atoms with Gasteiger partial charge in [0.05, 0.1) is 17.0 Å². The zero-order chi connectivity index (χ0) is 22.4. The summed E-state index contributed by atoms with van der Waals surface area (Å²) in [4.78, 5) is 20.9. The molecular weight excluding hydrogens is 419 g/mol. The molecule has 0 bridgehead atoms. The standard InChI is InChI=1S/C26H21FN4O2/c27-21-4-2-1-3-19(21)24-13-17(7-12-29-24)23-14-22(30-31-23)16-5-9-26(10-6-16)20-15-28-11-8-18(20)25(32)33-26/h1-4,7-8,11-16H,5-6,9-10H2,(H,30,31). The van der Waals surface area contributed by atoms with E-state index in [0.717, 1.165) is 48.2 Å². The average molecular weight is 440 g/mol. The summed E-state index contributed by atoms with van der Waals surface area (Å²) in [6, 6.07) is 14.1. The summed E-state index contributed by atoms with van der Waals surface area (Å²) in [5.41, 5.74) is 4.76. The van der Waals surface area contributed by atoms with Gasteiger partial charge in [-0.25, -0.2) is 9.18 Å². The van der Waals surface area contributed by atoms with Gasteiger partial charge in [0.15, 0.2) is 0 Å². The van der Waals surface area contributed by atoms with Crippen molar-refractivity contribution >= 4 is 5.97 Å². The summed E-state index contributed by atoms with van der Waals surface area (Å²) in [6.07, 6.45) is 8.33. The SMILES string of the molecule is O=C1OC2(CCC(c3cc(-c4ccnc(-c5ccccc5F)c4)n[nH]3)CC2)c2cnccc21. The van der Waals surface area contributed by atoms with Crippen LogP contribution < -0.4 is 0 Å². The molecule has 0 radical (unpaired) electrons. The molecule has 0 saturated heterocycles. The summed E-state index contributed by atoms with van der Waals surface area (Å²) in [5, 5.41) is 7.70. The highest BCUT2D eigenvalue weighted by Gasteiger charge is 2.48. The molecule has 33 heavy (non-hydrogen) atoms. The fraction of sp³-hybridized carbons (Fsp3) is 0.231. The summed E-state index contributed by atoms with van der Waals surface area (Å²) in [5.74, 6) is -0.257. The number of aromatic amines is 1. The molecule has 2 aliphatic rings. The van der Waals surface area contributed by atoms with Crippen molar-refractivity contribution in [3.63, 3.8) is 0 Å². The Balaban J connectivity index is 1.22. The van der Waals surface area contributed by atoms with Crippen molar-refractivity contribution in [2.24, 2.45) is 0 Å². The first kappa shape index (κ1) is 19.8. The number of carbonyl (C=O) groups excluding carboxylic acids is 1. The highest BCUT2D eigenvalue weighted by Crippen LogP contribution is 2.49. The van der Waals surface area contributed by atoms with E-state index in [9.17, 15) is 9.18 Å². The molecule has 6 nitrogen and oxygen atoms in total. The summed E-state index contributed by atoms with van der Waals surface area (Å²) in [7, 11) is 0. The summed E-state index contributed by atoms with van der Waals surface area (Å²) in [6.45, 7) is 0.